The van der Waals surface area contributed by atoms with Gasteiger partial charge >= 0.3 is 0 Å². The Balaban J connectivity index is 2.07. The van der Waals surface area contributed by atoms with Crippen molar-refractivity contribution in [1.82, 2.24) is 5.32 Å². The van der Waals surface area contributed by atoms with Crippen LogP contribution in [0.15, 0.2) is 47.1 Å². The zero-order chi connectivity index (χ0) is 14.5. The molecule has 0 radical (unpaired) electrons. The van der Waals surface area contributed by atoms with Crippen molar-refractivity contribution in [2.75, 3.05) is 7.11 Å². The summed E-state index contributed by atoms with van der Waals surface area (Å²) in [5, 5.41) is 3.52. The second-order valence-electron chi connectivity index (χ2n) is 4.45. The Morgan fingerprint density at radius 3 is 2.55 bits per heavy atom. The second-order valence-corrected chi connectivity index (χ2v) is 4.88. The molecule has 1 heterocycles. The van der Waals surface area contributed by atoms with E-state index in [-0.39, 0.29) is 23.8 Å². The summed E-state index contributed by atoms with van der Waals surface area (Å²) >= 11 is 5.87. The van der Waals surface area contributed by atoms with Crippen LogP contribution in [-0.4, -0.2) is 19.1 Å². The minimum absolute atomic E-state index is 0.209. The summed E-state index contributed by atoms with van der Waals surface area (Å²) in [5.41, 5.74) is 0.948. The van der Waals surface area contributed by atoms with Crippen LogP contribution in [0.4, 0.5) is 0 Å². The second kappa shape index (κ2) is 6.59. The zero-order valence-electron chi connectivity index (χ0n) is 11.3. The zero-order valence-corrected chi connectivity index (χ0v) is 12.1. The number of carbonyl (C=O) groups excluding carboxylic acids is 1. The van der Waals surface area contributed by atoms with Gasteiger partial charge in [0.1, 0.15) is 6.10 Å². The van der Waals surface area contributed by atoms with E-state index in [2.05, 4.69) is 5.32 Å². The maximum absolute atomic E-state index is 11.9. The largest absolute Gasteiger partial charge is 0.459 e. The summed E-state index contributed by atoms with van der Waals surface area (Å²) < 4.78 is 10.5. The number of nitrogens with one attached hydrogen (secondary N) is 1. The SMILES string of the molecule is CO[C@H](c1ccc(Cl)cc1)[C@H](C)NC(=O)c1ccco1. The summed E-state index contributed by atoms with van der Waals surface area (Å²) in [6, 6.07) is 10.4. The van der Waals surface area contributed by atoms with Gasteiger partial charge in [0, 0.05) is 12.1 Å². The average Bonchev–Trinajstić information content (AvgIpc) is 2.96. The van der Waals surface area contributed by atoms with E-state index in [1.807, 2.05) is 19.1 Å². The van der Waals surface area contributed by atoms with E-state index in [1.54, 1.807) is 31.4 Å². The molecule has 0 aliphatic rings. The van der Waals surface area contributed by atoms with Gasteiger partial charge in [-0.2, -0.15) is 0 Å². The van der Waals surface area contributed by atoms with Crippen molar-refractivity contribution in [1.29, 1.82) is 0 Å². The van der Waals surface area contributed by atoms with Crippen molar-refractivity contribution < 1.29 is 13.9 Å². The quantitative estimate of drug-likeness (QED) is 0.919. The van der Waals surface area contributed by atoms with Crippen molar-refractivity contribution in [2.24, 2.45) is 0 Å². The van der Waals surface area contributed by atoms with E-state index >= 15 is 0 Å². The maximum atomic E-state index is 11.9. The number of carbonyl (C=O) groups is 1. The summed E-state index contributed by atoms with van der Waals surface area (Å²) in [5.74, 6) is 0.0151. The highest BCUT2D eigenvalue weighted by molar-refractivity contribution is 6.30. The summed E-state index contributed by atoms with van der Waals surface area (Å²) in [4.78, 5) is 11.9. The molecule has 0 spiro atoms. The van der Waals surface area contributed by atoms with Crippen molar-refractivity contribution in [2.45, 2.75) is 19.1 Å². The maximum Gasteiger partial charge on any atom is 0.287 e. The molecule has 0 unspecified atom stereocenters. The molecule has 0 aliphatic heterocycles. The lowest BCUT2D eigenvalue weighted by Gasteiger charge is -2.23. The molecule has 1 aromatic heterocycles. The van der Waals surface area contributed by atoms with Crippen molar-refractivity contribution in [3.63, 3.8) is 0 Å². The molecule has 106 valence electrons. The van der Waals surface area contributed by atoms with Crippen LogP contribution in [0.2, 0.25) is 5.02 Å². The molecule has 0 aliphatic carbocycles. The number of benzene rings is 1. The van der Waals surface area contributed by atoms with Crippen molar-refractivity contribution in [3.8, 4) is 0 Å². The number of amides is 1. The van der Waals surface area contributed by atoms with E-state index in [1.165, 1.54) is 6.26 Å². The number of ether oxygens (including phenoxy) is 1. The Bertz CT molecular complexity index is 551. The van der Waals surface area contributed by atoms with Crippen LogP contribution in [0.1, 0.15) is 29.1 Å². The van der Waals surface area contributed by atoms with Gasteiger partial charge in [-0.1, -0.05) is 23.7 Å². The topological polar surface area (TPSA) is 51.5 Å². The van der Waals surface area contributed by atoms with Gasteiger partial charge in [-0.05, 0) is 36.8 Å². The fraction of sp³-hybridized carbons (Fsp3) is 0.267. The third-order valence-electron chi connectivity index (χ3n) is 3.01. The molecular formula is C15H16ClNO3. The minimum atomic E-state index is -0.265. The lowest BCUT2D eigenvalue weighted by atomic mass is 10.0. The van der Waals surface area contributed by atoms with E-state index < -0.39 is 0 Å². The number of hydrogen-bond donors (Lipinski definition) is 1. The van der Waals surface area contributed by atoms with Gasteiger partial charge in [0.25, 0.3) is 5.91 Å². The van der Waals surface area contributed by atoms with E-state index in [0.29, 0.717) is 5.02 Å². The van der Waals surface area contributed by atoms with Crippen molar-refractivity contribution in [3.05, 3.63) is 59.0 Å². The molecule has 1 aromatic carbocycles. The lowest BCUT2D eigenvalue weighted by Crippen LogP contribution is -2.37. The van der Waals surface area contributed by atoms with Crippen LogP contribution >= 0.6 is 11.6 Å². The first-order valence-corrected chi connectivity index (χ1v) is 6.62. The molecule has 2 rings (SSSR count). The predicted molar refractivity (Wildman–Crippen MR) is 76.8 cm³/mol. The molecular weight excluding hydrogens is 278 g/mol. The standard InChI is InChI=1S/C15H16ClNO3/c1-10(17-15(18)13-4-3-9-20-13)14(19-2)11-5-7-12(16)8-6-11/h3-10,14H,1-2H3,(H,17,18)/t10-,14-/m0/s1. The highest BCUT2D eigenvalue weighted by atomic mass is 35.5. The Kier molecular flexibility index (Phi) is 4.82. The normalized spacial score (nSPS) is 13.8. The summed E-state index contributed by atoms with van der Waals surface area (Å²) in [6.07, 6.45) is 1.21. The number of halogens is 1. The minimum Gasteiger partial charge on any atom is -0.459 e. The van der Waals surface area contributed by atoms with E-state index in [0.717, 1.165) is 5.56 Å². The smallest absolute Gasteiger partial charge is 0.287 e. The van der Waals surface area contributed by atoms with E-state index in [4.69, 9.17) is 20.8 Å². The molecule has 4 nitrogen and oxygen atoms in total. The number of methoxy groups -OCH3 is 1. The van der Waals surface area contributed by atoms with Gasteiger partial charge in [-0.3, -0.25) is 4.79 Å². The molecule has 5 heteroatoms. The number of furan rings is 1. The molecule has 1 N–H and O–H groups in total. The van der Waals surface area contributed by atoms with Gasteiger partial charge in [0.15, 0.2) is 5.76 Å². The van der Waals surface area contributed by atoms with Crippen LogP contribution in [0, 0.1) is 0 Å². The van der Waals surface area contributed by atoms with Crippen LogP contribution in [-0.2, 0) is 4.74 Å². The van der Waals surface area contributed by atoms with E-state index in [9.17, 15) is 4.79 Å². The predicted octanol–water partition coefficient (Wildman–Crippen LogP) is 3.44. The Labute approximate surface area is 122 Å². The molecule has 2 atom stereocenters. The van der Waals surface area contributed by atoms with Crippen LogP contribution < -0.4 is 5.32 Å². The fourth-order valence-electron chi connectivity index (χ4n) is 2.04. The van der Waals surface area contributed by atoms with Gasteiger partial charge < -0.3 is 14.5 Å². The molecule has 2 aromatic rings. The monoisotopic (exact) mass is 293 g/mol. The first kappa shape index (κ1) is 14.6. The Morgan fingerprint density at radius 2 is 2.00 bits per heavy atom. The van der Waals surface area contributed by atoms with Crippen LogP contribution in [0.5, 0.6) is 0 Å². The molecule has 0 saturated carbocycles. The van der Waals surface area contributed by atoms with Gasteiger partial charge in [0.05, 0.1) is 12.3 Å². The summed E-state index contributed by atoms with van der Waals surface area (Å²) in [6.45, 7) is 1.88. The van der Waals surface area contributed by atoms with Gasteiger partial charge in [-0.25, -0.2) is 0 Å². The number of rotatable bonds is 5. The Hall–Kier alpha value is -1.78. The van der Waals surface area contributed by atoms with Crippen LogP contribution in [0.25, 0.3) is 0 Å². The van der Waals surface area contributed by atoms with Gasteiger partial charge in [-0.15, -0.1) is 0 Å². The molecule has 20 heavy (non-hydrogen) atoms. The highest BCUT2D eigenvalue weighted by Gasteiger charge is 2.22. The lowest BCUT2D eigenvalue weighted by molar-refractivity contribution is 0.0632. The first-order valence-electron chi connectivity index (χ1n) is 6.24. The Morgan fingerprint density at radius 1 is 1.30 bits per heavy atom. The molecule has 0 bridgehead atoms. The average molecular weight is 294 g/mol. The molecule has 0 saturated heterocycles. The molecule has 1 amide bonds. The third-order valence-corrected chi connectivity index (χ3v) is 3.26. The van der Waals surface area contributed by atoms with Crippen molar-refractivity contribution >= 4 is 17.5 Å². The third kappa shape index (κ3) is 3.40. The fourth-order valence-corrected chi connectivity index (χ4v) is 2.17. The molecule has 0 fully saturated rings. The van der Waals surface area contributed by atoms with Crippen LogP contribution in [0.3, 0.4) is 0 Å². The summed E-state index contributed by atoms with van der Waals surface area (Å²) in [7, 11) is 1.61. The highest BCUT2D eigenvalue weighted by Crippen LogP contribution is 2.22. The van der Waals surface area contributed by atoms with Gasteiger partial charge in [0.2, 0.25) is 0 Å². The number of hydrogen-bond acceptors (Lipinski definition) is 3. The first-order chi connectivity index (χ1) is 9.61.